The highest BCUT2D eigenvalue weighted by atomic mass is 16.3. The molecule has 3 rings (SSSR count). The van der Waals surface area contributed by atoms with Crippen LogP contribution in [0, 0.1) is 0 Å². The van der Waals surface area contributed by atoms with Gasteiger partial charge in [0, 0.05) is 12.1 Å². The molecule has 2 heterocycles. The first-order chi connectivity index (χ1) is 8.85. The number of hydrogen-bond donors (Lipinski definition) is 1. The van der Waals surface area contributed by atoms with Crippen LogP contribution in [0.15, 0.2) is 46.9 Å². The predicted octanol–water partition coefficient (Wildman–Crippen LogP) is 2.27. The van der Waals surface area contributed by atoms with Crippen LogP contribution in [-0.4, -0.2) is 9.97 Å². The van der Waals surface area contributed by atoms with Crippen molar-refractivity contribution in [2.45, 2.75) is 13.0 Å². The van der Waals surface area contributed by atoms with Gasteiger partial charge in [-0.3, -0.25) is 0 Å². The Hall–Kier alpha value is -2.20. The van der Waals surface area contributed by atoms with Gasteiger partial charge in [-0.2, -0.15) is 4.98 Å². The molecule has 0 amide bonds. The molecule has 0 aliphatic heterocycles. The summed E-state index contributed by atoms with van der Waals surface area (Å²) < 4.78 is 5.42. The summed E-state index contributed by atoms with van der Waals surface area (Å²) in [7, 11) is 0. The molecular formula is C14H13N3O. The second-order valence-corrected chi connectivity index (χ2v) is 4.10. The summed E-state index contributed by atoms with van der Waals surface area (Å²) in [6, 6.07) is 14.1. The number of rotatable bonds is 3. The summed E-state index contributed by atoms with van der Waals surface area (Å²) in [6.45, 7) is 0.296. The summed E-state index contributed by atoms with van der Waals surface area (Å²) in [5.74, 6) is 0.523. The van der Waals surface area contributed by atoms with Gasteiger partial charge in [-0.05, 0) is 17.7 Å². The monoisotopic (exact) mass is 239 g/mol. The first-order valence-corrected chi connectivity index (χ1v) is 5.84. The molecule has 4 nitrogen and oxygen atoms in total. The van der Waals surface area contributed by atoms with Crippen molar-refractivity contribution < 1.29 is 4.42 Å². The molecule has 0 atom stereocenters. The molecule has 2 aromatic heterocycles. The number of pyridine rings is 1. The van der Waals surface area contributed by atoms with Crippen LogP contribution in [0.5, 0.6) is 0 Å². The van der Waals surface area contributed by atoms with Crippen molar-refractivity contribution in [3.8, 4) is 0 Å². The van der Waals surface area contributed by atoms with Gasteiger partial charge in [-0.15, -0.1) is 0 Å². The van der Waals surface area contributed by atoms with Crippen molar-refractivity contribution in [1.29, 1.82) is 0 Å². The Morgan fingerprint density at radius 3 is 2.61 bits per heavy atom. The topological polar surface area (TPSA) is 64.9 Å². The van der Waals surface area contributed by atoms with Crippen molar-refractivity contribution in [3.05, 3.63) is 59.6 Å². The fraction of sp³-hybridized carbons (Fsp3) is 0.143. The van der Waals surface area contributed by atoms with Crippen molar-refractivity contribution in [2.24, 2.45) is 5.73 Å². The van der Waals surface area contributed by atoms with Crippen molar-refractivity contribution in [2.75, 3.05) is 0 Å². The molecule has 0 saturated carbocycles. The summed E-state index contributed by atoms with van der Waals surface area (Å²) in [6.07, 6.45) is 0.793. The lowest BCUT2D eigenvalue weighted by molar-refractivity contribution is 0.533. The Bertz CT molecular complexity index is 661. The van der Waals surface area contributed by atoms with E-state index in [0.717, 1.165) is 12.1 Å². The number of fused-ring (bicyclic) bond motifs is 1. The smallest absolute Gasteiger partial charge is 0.210 e. The Balaban J connectivity index is 1.93. The average molecular weight is 239 g/mol. The number of oxazole rings is 1. The third kappa shape index (κ3) is 2.10. The van der Waals surface area contributed by atoms with Gasteiger partial charge in [0.1, 0.15) is 0 Å². The second-order valence-electron chi connectivity index (χ2n) is 4.10. The molecule has 1 aromatic carbocycles. The van der Waals surface area contributed by atoms with Gasteiger partial charge in [0.2, 0.25) is 5.89 Å². The first kappa shape index (κ1) is 10.9. The summed E-state index contributed by atoms with van der Waals surface area (Å²) in [5.41, 5.74) is 9.01. The molecule has 0 aliphatic rings. The van der Waals surface area contributed by atoms with Gasteiger partial charge in [0.15, 0.2) is 11.2 Å². The fourth-order valence-corrected chi connectivity index (χ4v) is 1.89. The van der Waals surface area contributed by atoms with Crippen LogP contribution in [0.3, 0.4) is 0 Å². The van der Waals surface area contributed by atoms with E-state index in [1.165, 1.54) is 5.56 Å². The summed E-state index contributed by atoms with van der Waals surface area (Å²) in [5, 5.41) is 0. The Morgan fingerprint density at radius 1 is 1.00 bits per heavy atom. The molecular weight excluding hydrogens is 226 g/mol. The highest BCUT2D eigenvalue weighted by molar-refractivity contribution is 5.67. The molecule has 4 heteroatoms. The van der Waals surface area contributed by atoms with Crippen molar-refractivity contribution >= 4 is 11.2 Å². The number of nitrogens with two attached hydrogens (primary N) is 1. The van der Waals surface area contributed by atoms with Crippen LogP contribution in [0.4, 0.5) is 0 Å². The van der Waals surface area contributed by atoms with Crippen LogP contribution in [0.25, 0.3) is 11.2 Å². The van der Waals surface area contributed by atoms with Crippen LogP contribution >= 0.6 is 0 Å². The number of hydrogen-bond acceptors (Lipinski definition) is 4. The third-order valence-electron chi connectivity index (χ3n) is 2.76. The molecule has 0 radical (unpaired) electrons. The van der Waals surface area contributed by atoms with Gasteiger partial charge >= 0.3 is 0 Å². The molecule has 0 unspecified atom stereocenters. The van der Waals surface area contributed by atoms with Gasteiger partial charge in [0.05, 0.1) is 6.54 Å². The maximum atomic E-state index is 5.49. The minimum Gasteiger partial charge on any atom is -0.438 e. The van der Waals surface area contributed by atoms with Gasteiger partial charge < -0.3 is 10.2 Å². The van der Waals surface area contributed by atoms with Crippen LogP contribution < -0.4 is 5.73 Å². The SMILES string of the molecule is NCc1nc2nc(Cc3ccccc3)ccc2o1. The van der Waals surface area contributed by atoms with Gasteiger partial charge in [-0.25, -0.2) is 4.98 Å². The quantitative estimate of drug-likeness (QED) is 0.761. The average Bonchev–Trinajstić information content (AvgIpc) is 2.82. The number of aromatic nitrogens is 2. The zero-order valence-electron chi connectivity index (χ0n) is 9.84. The van der Waals surface area contributed by atoms with E-state index in [1.807, 2.05) is 30.3 Å². The Kier molecular flexibility index (Phi) is 2.78. The van der Waals surface area contributed by atoms with E-state index in [0.29, 0.717) is 23.7 Å². The molecule has 18 heavy (non-hydrogen) atoms. The maximum Gasteiger partial charge on any atom is 0.210 e. The van der Waals surface area contributed by atoms with E-state index in [-0.39, 0.29) is 0 Å². The molecule has 3 aromatic rings. The van der Waals surface area contributed by atoms with E-state index in [1.54, 1.807) is 0 Å². The molecule has 2 N–H and O–H groups in total. The standard InChI is InChI=1S/C14H13N3O/c15-9-13-17-14-12(18-13)7-6-11(16-14)8-10-4-2-1-3-5-10/h1-7H,8-9,15H2. The summed E-state index contributed by atoms with van der Waals surface area (Å²) >= 11 is 0. The zero-order chi connectivity index (χ0) is 12.4. The molecule has 0 aliphatic carbocycles. The van der Waals surface area contributed by atoms with Gasteiger partial charge in [0.25, 0.3) is 0 Å². The Labute approximate surface area is 104 Å². The van der Waals surface area contributed by atoms with Crippen LogP contribution in [-0.2, 0) is 13.0 Å². The molecule has 90 valence electrons. The van der Waals surface area contributed by atoms with Crippen molar-refractivity contribution in [1.82, 2.24) is 9.97 Å². The molecule has 0 bridgehead atoms. The lowest BCUT2D eigenvalue weighted by Gasteiger charge is -1.99. The second kappa shape index (κ2) is 4.58. The van der Waals surface area contributed by atoms with Crippen LogP contribution in [0.2, 0.25) is 0 Å². The molecule has 0 fully saturated rings. The van der Waals surface area contributed by atoms with E-state index in [9.17, 15) is 0 Å². The van der Waals surface area contributed by atoms with Gasteiger partial charge in [-0.1, -0.05) is 30.3 Å². The first-order valence-electron chi connectivity index (χ1n) is 5.84. The van der Waals surface area contributed by atoms with E-state index in [4.69, 9.17) is 10.2 Å². The Morgan fingerprint density at radius 2 is 1.83 bits per heavy atom. The third-order valence-corrected chi connectivity index (χ3v) is 2.76. The summed E-state index contributed by atoms with van der Waals surface area (Å²) in [4.78, 5) is 8.71. The lowest BCUT2D eigenvalue weighted by Crippen LogP contribution is -1.95. The van der Waals surface area contributed by atoms with E-state index >= 15 is 0 Å². The molecule has 0 spiro atoms. The molecule has 0 saturated heterocycles. The lowest BCUT2D eigenvalue weighted by atomic mass is 10.1. The minimum absolute atomic E-state index is 0.296. The largest absolute Gasteiger partial charge is 0.438 e. The highest BCUT2D eigenvalue weighted by Gasteiger charge is 2.06. The van der Waals surface area contributed by atoms with Crippen LogP contribution in [0.1, 0.15) is 17.1 Å². The maximum absolute atomic E-state index is 5.49. The number of benzene rings is 1. The van der Waals surface area contributed by atoms with Crippen molar-refractivity contribution in [3.63, 3.8) is 0 Å². The minimum atomic E-state index is 0.296. The van der Waals surface area contributed by atoms with E-state index in [2.05, 4.69) is 22.1 Å². The number of nitrogens with zero attached hydrogens (tertiary/aromatic N) is 2. The normalized spacial score (nSPS) is 10.9. The van der Waals surface area contributed by atoms with E-state index < -0.39 is 0 Å². The fourth-order valence-electron chi connectivity index (χ4n) is 1.89. The highest BCUT2D eigenvalue weighted by Crippen LogP contribution is 2.15. The zero-order valence-corrected chi connectivity index (χ0v) is 9.84. The predicted molar refractivity (Wildman–Crippen MR) is 68.9 cm³/mol.